The summed E-state index contributed by atoms with van der Waals surface area (Å²) in [5, 5.41) is 0. The van der Waals surface area contributed by atoms with Gasteiger partial charge in [0.1, 0.15) is 0 Å². The van der Waals surface area contributed by atoms with Gasteiger partial charge in [-0.1, -0.05) is 25.2 Å². The summed E-state index contributed by atoms with van der Waals surface area (Å²) in [5.74, 6) is 0.946. The lowest BCUT2D eigenvalue weighted by atomic mass is 10.5. The lowest BCUT2D eigenvalue weighted by Crippen LogP contribution is -1.80. The van der Waals surface area contributed by atoms with Gasteiger partial charge in [-0.05, 0) is 12.8 Å². The molecule has 1 unspecified atom stereocenters. The van der Waals surface area contributed by atoms with E-state index in [4.69, 9.17) is 4.52 Å². The molecule has 0 aliphatic rings. The van der Waals surface area contributed by atoms with Gasteiger partial charge in [0.15, 0.2) is 0 Å². The van der Waals surface area contributed by atoms with Crippen LogP contribution >= 0.6 is 18.6 Å². The lowest BCUT2D eigenvalue weighted by Gasteiger charge is -1.99. The summed E-state index contributed by atoms with van der Waals surface area (Å²) in [4.78, 5) is 0. The third-order valence-corrected chi connectivity index (χ3v) is 3.81. The molecule has 0 rings (SSSR count). The first-order valence-corrected chi connectivity index (χ1v) is 6.63. The Bertz CT molecular complexity index is 87.7. The largest absolute Gasteiger partial charge is 0.323 e. The van der Waals surface area contributed by atoms with Crippen molar-refractivity contribution in [3.8, 4) is 0 Å². The molecule has 0 fully saturated rings. The molecule has 0 aromatic carbocycles. The van der Waals surface area contributed by atoms with Crippen LogP contribution in [0.5, 0.6) is 0 Å². The summed E-state index contributed by atoms with van der Waals surface area (Å²) in [6.07, 6.45) is 2.01. The first kappa shape index (κ1) is 10.5. The topological polar surface area (TPSA) is 26.3 Å². The molecular formula is C6H15O2PS. The summed E-state index contributed by atoms with van der Waals surface area (Å²) in [7, 11) is -1.75. The van der Waals surface area contributed by atoms with Crippen molar-refractivity contribution in [1.82, 2.24) is 0 Å². The van der Waals surface area contributed by atoms with E-state index in [0.29, 0.717) is 6.61 Å². The van der Waals surface area contributed by atoms with Crippen LogP contribution in [0.25, 0.3) is 0 Å². The zero-order valence-corrected chi connectivity index (χ0v) is 8.37. The van der Waals surface area contributed by atoms with Crippen molar-refractivity contribution < 1.29 is 9.09 Å². The third kappa shape index (κ3) is 6.66. The molecule has 0 saturated carbocycles. The van der Waals surface area contributed by atoms with Gasteiger partial charge in [-0.2, -0.15) is 0 Å². The van der Waals surface area contributed by atoms with Crippen LogP contribution in [0.4, 0.5) is 0 Å². The highest BCUT2D eigenvalue weighted by Crippen LogP contribution is 2.38. The smallest absolute Gasteiger partial charge is 0.246 e. The molecular weight excluding hydrogens is 167 g/mol. The van der Waals surface area contributed by atoms with Crippen LogP contribution in [0.3, 0.4) is 0 Å². The number of hydrogen-bond donors (Lipinski definition) is 0. The van der Waals surface area contributed by atoms with E-state index in [1.54, 1.807) is 0 Å². The second-order valence-corrected chi connectivity index (χ2v) is 5.30. The first-order chi connectivity index (χ1) is 4.81. The fourth-order valence-electron chi connectivity index (χ4n) is 0.412. The van der Waals surface area contributed by atoms with E-state index in [-0.39, 0.29) is 0 Å². The predicted molar refractivity (Wildman–Crippen MR) is 48.0 cm³/mol. The van der Waals surface area contributed by atoms with Gasteiger partial charge in [-0.3, -0.25) is 4.57 Å². The Morgan fingerprint density at radius 1 is 1.40 bits per heavy atom. The molecule has 1 atom stereocenters. The average Bonchev–Trinajstić information content (AvgIpc) is 1.97. The molecule has 0 aromatic heterocycles. The van der Waals surface area contributed by atoms with Gasteiger partial charge in [0.25, 0.3) is 0 Å². The average molecular weight is 182 g/mol. The van der Waals surface area contributed by atoms with E-state index in [1.807, 2.05) is 6.92 Å². The Kier molecular flexibility index (Phi) is 8.06. The molecule has 0 amide bonds. The van der Waals surface area contributed by atoms with Gasteiger partial charge in [0.05, 0.1) is 6.61 Å². The van der Waals surface area contributed by atoms with Crippen molar-refractivity contribution in [3.63, 3.8) is 0 Å². The summed E-state index contributed by atoms with van der Waals surface area (Å²) >= 11 is 1.44. The van der Waals surface area contributed by atoms with Crippen LogP contribution in [0.15, 0.2) is 0 Å². The van der Waals surface area contributed by atoms with E-state index >= 15 is 0 Å². The summed E-state index contributed by atoms with van der Waals surface area (Å²) in [6.45, 7) is 4.72. The van der Waals surface area contributed by atoms with Crippen LogP contribution in [0.2, 0.25) is 0 Å². The monoisotopic (exact) mass is 182 g/mol. The molecule has 0 aromatic rings. The van der Waals surface area contributed by atoms with Gasteiger partial charge >= 0.3 is 0 Å². The maximum atomic E-state index is 10.9. The Morgan fingerprint density at radius 2 is 2.10 bits per heavy atom. The predicted octanol–water partition coefficient (Wildman–Crippen LogP) is 2.95. The molecule has 0 saturated heterocycles. The Labute approximate surface area is 67.3 Å². The fourth-order valence-corrected chi connectivity index (χ4v) is 2.85. The van der Waals surface area contributed by atoms with Gasteiger partial charge < -0.3 is 4.52 Å². The Balaban J connectivity index is 3.09. The molecule has 0 bridgehead atoms. The van der Waals surface area contributed by atoms with Gasteiger partial charge in [0.2, 0.25) is 7.23 Å². The SMILES string of the molecule is CCCO[PH](=O)SCCC. The number of rotatable bonds is 6. The van der Waals surface area contributed by atoms with Crippen LogP contribution in [0.1, 0.15) is 26.7 Å². The summed E-state index contributed by atoms with van der Waals surface area (Å²) in [6, 6.07) is 0. The third-order valence-electron chi connectivity index (χ3n) is 0.848. The maximum Gasteiger partial charge on any atom is 0.246 e. The van der Waals surface area contributed by atoms with Crippen molar-refractivity contribution in [2.75, 3.05) is 12.4 Å². The van der Waals surface area contributed by atoms with Crippen molar-refractivity contribution in [2.45, 2.75) is 26.7 Å². The molecule has 0 radical (unpaired) electrons. The van der Waals surface area contributed by atoms with Crippen molar-refractivity contribution in [2.24, 2.45) is 0 Å². The Hall–Kier alpha value is 0.540. The molecule has 0 N–H and O–H groups in total. The van der Waals surface area contributed by atoms with Gasteiger partial charge in [-0.15, -0.1) is 0 Å². The summed E-state index contributed by atoms with van der Waals surface area (Å²) in [5.41, 5.74) is 0. The van der Waals surface area contributed by atoms with E-state index in [2.05, 4.69) is 6.92 Å². The first-order valence-electron chi connectivity index (χ1n) is 3.60. The molecule has 2 nitrogen and oxygen atoms in total. The highest BCUT2D eigenvalue weighted by Gasteiger charge is 1.96. The van der Waals surface area contributed by atoms with Crippen molar-refractivity contribution in [1.29, 1.82) is 0 Å². The molecule has 0 aliphatic heterocycles. The fraction of sp³-hybridized carbons (Fsp3) is 1.00. The van der Waals surface area contributed by atoms with Crippen LogP contribution in [-0.2, 0) is 9.09 Å². The minimum atomic E-state index is -1.75. The second-order valence-electron chi connectivity index (χ2n) is 1.95. The quantitative estimate of drug-likeness (QED) is 0.591. The van der Waals surface area contributed by atoms with Crippen LogP contribution < -0.4 is 0 Å². The molecule has 0 heterocycles. The molecule has 4 heteroatoms. The zero-order valence-electron chi connectivity index (χ0n) is 6.55. The van der Waals surface area contributed by atoms with E-state index < -0.39 is 7.23 Å². The second kappa shape index (κ2) is 7.64. The molecule has 10 heavy (non-hydrogen) atoms. The van der Waals surface area contributed by atoms with Crippen LogP contribution in [0, 0.1) is 0 Å². The van der Waals surface area contributed by atoms with Crippen LogP contribution in [-0.4, -0.2) is 12.4 Å². The minimum absolute atomic E-state index is 0.633. The summed E-state index contributed by atoms with van der Waals surface area (Å²) < 4.78 is 15.9. The Morgan fingerprint density at radius 3 is 2.60 bits per heavy atom. The molecule has 0 spiro atoms. The number of hydrogen-bond acceptors (Lipinski definition) is 3. The van der Waals surface area contributed by atoms with E-state index in [0.717, 1.165) is 18.6 Å². The van der Waals surface area contributed by atoms with Gasteiger partial charge in [-0.25, -0.2) is 0 Å². The molecule has 62 valence electrons. The van der Waals surface area contributed by atoms with E-state index in [1.165, 1.54) is 11.4 Å². The van der Waals surface area contributed by atoms with E-state index in [9.17, 15) is 4.57 Å². The maximum absolute atomic E-state index is 10.9. The van der Waals surface area contributed by atoms with Crippen molar-refractivity contribution >= 4 is 18.6 Å². The highest BCUT2D eigenvalue weighted by molar-refractivity contribution is 8.50. The minimum Gasteiger partial charge on any atom is -0.323 e. The van der Waals surface area contributed by atoms with Crippen molar-refractivity contribution in [3.05, 3.63) is 0 Å². The van der Waals surface area contributed by atoms with Gasteiger partial charge in [0, 0.05) is 5.75 Å². The lowest BCUT2D eigenvalue weighted by molar-refractivity contribution is 0.339. The standard InChI is InChI=1S/C6H15O2PS/c1-3-5-8-9(7)10-6-4-2/h9H,3-6H2,1-2H3. The molecule has 0 aliphatic carbocycles. The zero-order chi connectivity index (χ0) is 7.82. The normalized spacial score (nSPS) is 13.4. The highest BCUT2D eigenvalue weighted by atomic mass is 32.7.